The third kappa shape index (κ3) is 4.84. The van der Waals surface area contributed by atoms with Gasteiger partial charge in [0.2, 0.25) is 10.0 Å². The van der Waals surface area contributed by atoms with Crippen LogP contribution in [0.4, 0.5) is 5.69 Å². The van der Waals surface area contributed by atoms with Crippen molar-refractivity contribution in [3.05, 3.63) is 24.3 Å². The highest BCUT2D eigenvalue weighted by atomic mass is 32.2. The number of anilines is 1. The van der Waals surface area contributed by atoms with Crippen molar-refractivity contribution in [1.82, 2.24) is 14.5 Å². The molecule has 3 rings (SSSR count). The van der Waals surface area contributed by atoms with E-state index in [1.165, 1.54) is 5.69 Å². The predicted molar refractivity (Wildman–Crippen MR) is 108 cm³/mol. The number of ether oxygens (including phenoxy) is 1. The van der Waals surface area contributed by atoms with Crippen LogP contribution < -0.4 is 15.0 Å². The summed E-state index contributed by atoms with van der Waals surface area (Å²) in [5.41, 5.74) is 1.19. The van der Waals surface area contributed by atoms with Crippen molar-refractivity contribution < 1.29 is 13.2 Å². The molecule has 0 amide bonds. The molecular weight excluding hydrogens is 366 g/mol. The number of aliphatic imine (C=N–C) groups is 1. The molecule has 2 aliphatic heterocycles. The number of nitrogens with one attached hydrogen (secondary N) is 1. The first kappa shape index (κ1) is 19.8. The molecular formula is C18H29N5O3S. The van der Waals surface area contributed by atoms with Crippen LogP contribution in [0, 0.1) is 0 Å². The summed E-state index contributed by atoms with van der Waals surface area (Å²) in [5, 5.41) is 3.31. The maximum Gasteiger partial charge on any atom is 0.214 e. The van der Waals surface area contributed by atoms with Gasteiger partial charge < -0.3 is 19.9 Å². The first-order valence-electron chi connectivity index (χ1n) is 9.36. The summed E-state index contributed by atoms with van der Waals surface area (Å²) in [6, 6.07) is 8.12. The van der Waals surface area contributed by atoms with Crippen LogP contribution >= 0.6 is 0 Å². The zero-order chi connectivity index (χ0) is 19.3. The Hall–Kier alpha value is -2.00. The van der Waals surface area contributed by atoms with Gasteiger partial charge in [0, 0.05) is 58.5 Å². The van der Waals surface area contributed by atoms with Crippen molar-refractivity contribution in [1.29, 1.82) is 0 Å². The number of sulfonamides is 1. The summed E-state index contributed by atoms with van der Waals surface area (Å²) in [4.78, 5) is 8.93. The fourth-order valence-electron chi connectivity index (χ4n) is 3.54. The minimum atomic E-state index is -3.04. The van der Waals surface area contributed by atoms with Crippen molar-refractivity contribution in [2.24, 2.45) is 4.99 Å². The van der Waals surface area contributed by atoms with Gasteiger partial charge in [-0.15, -0.1) is 0 Å². The molecule has 0 aliphatic carbocycles. The summed E-state index contributed by atoms with van der Waals surface area (Å²) in [7, 11) is 0.405. The third-order valence-electron chi connectivity index (χ3n) is 5.08. The smallest absolute Gasteiger partial charge is 0.214 e. The number of piperazine rings is 1. The number of methoxy groups -OCH3 is 1. The molecule has 0 unspecified atom stereocenters. The highest BCUT2D eigenvalue weighted by molar-refractivity contribution is 7.89. The molecule has 27 heavy (non-hydrogen) atoms. The van der Waals surface area contributed by atoms with Gasteiger partial charge in [-0.3, -0.25) is 4.99 Å². The average molecular weight is 396 g/mol. The Morgan fingerprint density at radius 2 is 1.85 bits per heavy atom. The molecule has 2 heterocycles. The van der Waals surface area contributed by atoms with E-state index in [0.717, 1.165) is 44.3 Å². The first-order valence-corrected chi connectivity index (χ1v) is 11.0. The van der Waals surface area contributed by atoms with E-state index >= 15 is 0 Å². The number of guanidine groups is 1. The van der Waals surface area contributed by atoms with Crippen LogP contribution in [-0.4, -0.2) is 89.3 Å². The molecule has 0 spiro atoms. The fraction of sp³-hybridized carbons (Fsp3) is 0.611. The zero-order valence-corrected chi connectivity index (χ0v) is 16.9. The highest BCUT2D eigenvalue weighted by Gasteiger charge is 2.27. The summed E-state index contributed by atoms with van der Waals surface area (Å²) in [6.45, 7) is 5.25. The van der Waals surface area contributed by atoms with Crippen molar-refractivity contribution in [3.63, 3.8) is 0 Å². The second kappa shape index (κ2) is 8.79. The van der Waals surface area contributed by atoms with Gasteiger partial charge >= 0.3 is 0 Å². The lowest BCUT2D eigenvalue weighted by Gasteiger charge is -2.37. The molecule has 0 atom stereocenters. The number of nitrogens with zero attached hydrogens (tertiary/aromatic N) is 4. The normalized spacial score (nSPS) is 20.7. The van der Waals surface area contributed by atoms with E-state index in [0.29, 0.717) is 19.6 Å². The van der Waals surface area contributed by atoms with Crippen molar-refractivity contribution >= 4 is 21.7 Å². The van der Waals surface area contributed by atoms with Crippen LogP contribution in [0.5, 0.6) is 5.75 Å². The molecule has 2 fully saturated rings. The van der Waals surface area contributed by atoms with Crippen molar-refractivity contribution in [2.45, 2.75) is 6.42 Å². The Morgan fingerprint density at radius 3 is 2.41 bits per heavy atom. The molecule has 0 radical (unpaired) electrons. The molecule has 1 aromatic rings. The molecule has 0 bridgehead atoms. The van der Waals surface area contributed by atoms with Gasteiger partial charge in [-0.25, -0.2) is 12.7 Å². The summed E-state index contributed by atoms with van der Waals surface area (Å²) in [6.07, 6.45) is 0.727. The molecule has 150 valence electrons. The number of hydrogen-bond donors (Lipinski definition) is 1. The van der Waals surface area contributed by atoms with E-state index < -0.39 is 10.0 Å². The molecule has 2 aliphatic rings. The van der Waals surface area contributed by atoms with Gasteiger partial charge in [0.15, 0.2) is 5.96 Å². The van der Waals surface area contributed by atoms with E-state index in [1.54, 1.807) is 18.5 Å². The quantitative estimate of drug-likeness (QED) is 0.575. The van der Waals surface area contributed by atoms with Gasteiger partial charge in [-0.1, -0.05) is 0 Å². The lowest BCUT2D eigenvalue weighted by atomic mass is 10.2. The van der Waals surface area contributed by atoms with Crippen LogP contribution in [0.25, 0.3) is 0 Å². The first-order chi connectivity index (χ1) is 13.0. The molecule has 1 aromatic carbocycles. The monoisotopic (exact) mass is 395 g/mol. The largest absolute Gasteiger partial charge is 0.497 e. The Morgan fingerprint density at radius 1 is 1.15 bits per heavy atom. The minimum absolute atomic E-state index is 0.273. The Kier molecular flexibility index (Phi) is 6.43. The fourth-order valence-corrected chi connectivity index (χ4v) is 5.07. The average Bonchev–Trinajstić information content (AvgIpc) is 3.04. The number of hydrogen-bond acceptors (Lipinski definition) is 5. The van der Waals surface area contributed by atoms with Crippen molar-refractivity contribution in [3.8, 4) is 5.75 Å². The molecule has 0 saturated carbocycles. The Labute approximate surface area is 161 Å². The molecule has 0 aromatic heterocycles. The highest BCUT2D eigenvalue weighted by Crippen LogP contribution is 2.20. The van der Waals surface area contributed by atoms with Crippen LogP contribution in [-0.2, 0) is 10.0 Å². The van der Waals surface area contributed by atoms with E-state index in [2.05, 4.69) is 32.2 Å². The van der Waals surface area contributed by atoms with E-state index in [9.17, 15) is 8.42 Å². The lowest BCUT2D eigenvalue weighted by molar-refractivity contribution is 0.368. The van der Waals surface area contributed by atoms with E-state index in [4.69, 9.17) is 4.74 Å². The van der Waals surface area contributed by atoms with Gasteiger partial charge in [0.05, 0.1) is 12.9 Å². The minimum Gasteiger partial charge on any atom is -0.497 e. The lowest BCUT2D eigenvalue weighted by Crippen LogP contribution is -2.53. The summed E-state index contributed by atoms with van der Waals surface area (Å²) in [5.74, 6) is 1.97. The maximum absolute atomic E-state index is 11.9. The molecule has 1 N–H and O–H groups in total. The number of rotatable bonds is 5. The summed E-state index contributed by atoms with van der Waals surface area (Å²) < 4.78 is 30.5. The molecule has 8 nitrogen and oxygen atoms in total. The third-order valence-corrected chi connectivity index (χ3v) is 7.03. The summed E-state index contributed by atoms with van der Waals surface area (Å²) >= 11 is 0. The standard InChI is InChI=1S/C18H29N5O3S/c1-19-18(20-8-10-23-9-3-15-27(23,24)25)22-13-11-21(12-14-22)16-4-6-17(26-2)7-5-16/h4-7H,3,8-15H2,1-2H3,(H,19,20). The van der Waals surface area contributed by atoms with E-state index in [-0.39, 0.29) is 5.75 Å². The number of benzene rings is 1. The van der Waals surface area contributed by atoms with Crippen LogP contribution in [0.15, 0.2) is 29.3 Å². The van der Waals surface area contributed by atoms with Crippen LogP contribution in [0.1, 0.15) is 6.42 Å². The van der Waals surface area contributed by atoms with E-state index in [1.807, 2.05) is 12.1 Å². The maximum atomic E-state index is 11.9. The van der Waals surface area contributed by atoms with Crippen molar-refractivity contribution in [2.75, 3.05) is 70.6 Å². The Bertz CT molecular complexity index is 743. The van der Waals surface area contributed by atoms with Gasteiger partial charge in [-0.05, 0) is 30.7 Å². The topological polar surface area (TPSA) is 77.5 Å². The second-order valence-corrected chi connectivity index (χ2v) is 8.80. The molecule has 2 saturated heterocycles. The molecule has 9 heteroatoms. The van der Waals surface area contributed by atoms with Gasteiger partial charge in [-0.2, -0.15) is 0 Å². The SMILES string of the molecule is CN=C(NCCN1CCCS1(=O)=O)N1CCN(c2ccc(OC)cc2)CC1. The Balaban J connectivity index is 1.47. The predicted octanol–water partition coefficient (Wildman–Crippen LogP) is 0.428. The second-order valence-electron chi connectivity index (χ2n) is 6.71. The zero-order valence-electron chi connectivity index (χ0n) is 16.1. The van der Waals surface area contributed by atoms with Crippen LogP contribution in [0.3, 0.4) is 0 Å². The van der Waals surface area contributed by atoms with Crippen LogP contribution in [0.2, 0.25) is 0 Å². The van der Waals surface area contributed by atoms with Gasteiger partial charge in [0.25, 0.3) is 0 Å². The van der Waals surface area contributed by atoms with Gasteiger partial charge in [0.1, 0.15) is 5.75 Å².